The molecule has 9 nitrogen and oxygen atoms in total. The van der Waals surface area contributed by atoms with Gasteiger partial charge in [0.25, 0.3) is 0 Å². The third-order valence-electron chi connectivity index (χ3n) is 3.69. The van der Waals surface area contributed by atoms with Crippen LogP contribution in [-0.4, -0.2) is 55.6 Å². The smallest absolute Gasteiger partial charge is 0.243 e. The molecule has 1 aromatic rings. The summed E-state index contributed by atoms with van der Waals surface area (Å²) >= 11 is 11.8. The molecule has 0 aliphatic heterocycles. The van der Waals surface area contributed by atoms with Gasteiger partial charge in [0, 0.05) is 12.5 Å². The van der Waals surface area contributed by atoms with Crippen LogP contribution in [0.4, 0.5) is 0 Å². The Morgan fingerprint density at radius 2 is 1.72 bits per heavy atom. The zero-order valence-corrected chi connectivity index (χ0v) is 17.2. The van der Waals surface area contributed by atoms with Gasteiger partial charge in [-0.3, -0.25) is 19.2 Å². The van der Waals surface area contributed by atoms with E-state index < -0.39 is 23.8 Å². The van der Waals surface area contributed by atoms with Crippen molar-refractivity contribution in [3.63, 3.8) is 0 Å². The van der Waals surface area contributed by atoms with Crippen LogP contribution >= 0.6 is 23.2 Å². The van der Waals surface area contributed by atoms with Crippen molar-refractivity contribution in [1.82, 2.24) is 21.3 Å². The molecular formula is C18H22Cl2N4O5. The van der Waals surface area contributed by atoms with Gasteiger partial charge < -0.3 is 26.1 Å². The van der Waals surface area contributed by atoms with E-state index in [9.17, 15) is 24.0 Å². The Morgan fingerprint density at radius 3 is 2.34 bits per heavy atom. The van der Waals surface area contributed by atoms with Crippen molar-refractivity contribution in [1.29, 1.82) is 0 Å². The lowest BCUT2D eigenvalue weighted by Crippen LogP contribution is -2.51. The van der Waals surface area contributed by atoms with Gasteiger partial charge in [-0.2, -0.15) is 0 Å². The molecule has 1 aromatic carbocycles. The van der Waals surface area contributed by atoms with Crippen LogP contribution in [0.3, 0.4) is 0 Å². The summed E-state index contributed by atoms with van der Waals surface area (Å²) in [4.78, 5) is 56.6. The molecule has 0 saturated heterocycles. The van der Waals surface area contributed by atoms with Crippen LogP contribution in [-0.2, 0) is 30.4 Å². The number of carbonyl (C=O) groups is 5. The van der Waals surface area contributed by atoms with Gasteiger partial charge in [-0.1, -0.05) is 29.3 Å². The van der Waals surface area contributed by atoms with Crippen molar-refractivity contribution >= 4 is 53.6 Å². The van der Waals surface area contributed by atoms with Crippen LogP contribution in [0.25, 0.3) is 0 Å². The van der Waals surface area contributed by atoms with E-state index in [1.54, 1.807) is 25.1 Å². The Labute approximate surface area is 177 Å². The van der Waals surface area contributed by atoms with Gasteiger partial charge in [0.05, 0.1) is 23.1 Å². The van der Waals surface area contributed by atoms with Gasteiger partial charge in [-0.15, -0.1) is 0 Å². The van der Waals surface area contributed by atoms with Crippen molar-refractivity contribution in [2.45, 2.75) is 31.8 Å². The lowest BCUT2D eigenvalue weighted by Gasteiger charge is -2.17. The molecule has 0 aliphatic carbocycles. The molecule has 0 fully saturated rings. The third kappa shape index (κ3) is 9.40. The van der Waals surface area contributed by atoms with E-state index in [-0.39, 0.29) is 25.6 Å². The van der Waals surface area contributed by atoms with Gasteiger partial charge in [-0.05, 0) is 31.0 Å². The quantitative estimate of drug-likeness (QED) is 0.336. The molecule has 0 bridgehead atoms. The molecule has 11 heteroatoms. The lowest BCUT2D eigenvalue weighted by atomic mass is 10.1. The average Bonchev–Trinajstić information content (AvgIpc) is 2.67. The summed E-state index contributed by atoms with van der Waals surface area (Å²) in [5.41, 5.74) is 0.883. The average molecular weight is 445 g/mol. The monoisotopic (exact) mass is 444 g/mol. The highest BCUT2D eigenvalue weighted by atomic mass is 35.5. The van der Waals surface area contributed by atoms with Crippen LogP contribution in [0.15, 0.2) is 18.2 Å². The van der Waals surface area contributed by atoms with E-state index in [2.05, 4.69) is 21.3 Å². The summed E-state index contributed by atoms with van der Waals surface area (Å²) in [6, 6.07) is 3.79. The van der Waals surface area contributed by atoms with Crippen LogP contribution in [0.5, 0.6) is 0 Å². The molecule has 2 atom stereocenters. The summed E-state index contributed by atoms with van der Waals surface area (Å²) in [6.07, 6.45) is 1.03. The summed E-state index contributed by atoms with van der Waals surface area (Å²) in [5.74, 6) is -1.77. The fourth-order valence-corrected chi connectivity index (χ4v) is 2.72. The molecule has 29 heavy (non-hydrogen) atoms. The number of rotatable bonds is 12. The molecule has 1 rings (SSSR count). The van der Waals surface area contributed by atoms with Crippen molar-refractivity contribution in [3.8, 4) is 0 Å². The van der Waals surface area contributed by atoms with E-state index in [4.69, 9.17) is 23.2 Å². The van der Waals surface area contributed by atoms with Gasteiger partial charge in [0.15, 0.2) is 0 Å². The number of halogens is 2. The van der Waals surface area contributed by atoms with E-state index in [1.165, 1.54) is 0 Å². The predicted molar refractivity (Wildman–Crippen MR) is 107 cm³/mol. The van der Waals surface area contributed by atoms with Crippen molar-refractivity contribution in [2.75, 3.05) is 13.1 Å². The summed E-state index contributed by atoms with van der Waals surface area (Å²) in [6.45, 7) is 1.12. The van der Waals surface area contributed by atoms with Crippen molar-refractivity contribution in [3.05, 3.63) is 33.8 Å². The molecular weight excluding hydrogens is 423 g/mol. The van der Waals surface area contributed by atoms with Gasteiger partial charge in [0.1, 0.15) is 12.3 Å². The highest BCUT2D eigenvalue weighted by Crippen LogP contribution is 2.23. The normalized spacial score (nSPS) is 12.2. The second-order valence-electron chi connectivity index (χ2n) is 6.16. The van der Waals surface area contributed by atoms with Crippen molar-refractivity contribution in [2.24, 2.45) is 0 Å². The number of hydrogen-bond donors (Lipinski definition) is 4. The van der Waals surface area contributed by atoms with E-state index in [0.717, 1.165) is 5.56 Å². The van der Waals surface area contributed by atoms with Crippen LogP contribution in [0, 0.1) is 0 Å². The zero-order chi connectivity index (χ0) is 21.8. The fourth-order valence-electron chi connectivity index (χ4n) is 2.40. The Morgan fingerprint density at radius 1 is 1.03 bits per heavy atom. The van der Waals surface area contributed by atoms with Gasteiger partial charge in [0.2, 0.25) is 24.1 Å². The minimum atomic E-state index is -1.14. The number of carbonyl (C=O) groups excluding carboxylic acids is 5. The molecule has 0 heterocycles. The number of amides is 4. The molecule has 0 aliphatic rings. The highest BCUT2D eigenvalue weighted by Gasteiger charge is 2.21. The SMILES string of the molecule is CC(Cc1ccc(Cl)c(Cl)c1)NC(=O)CNC(=O)C(CC=O)NC(=O)CNC=O. The molecule has 158 valence electrons. The predicted octanol–water partition coefficient (Wildman–Crippen LogP) is -0.0234. The van der Waals surface area contributed by atoms with Gasteiger partial charge in [-0.25, -0.2) is 0 Å². The second-order valence-corrected chi connectivity index (χ2v) is 6.97. The largest absolute Gasteiger partial charge is 0.352 e. The van der Waals surface area contributed by atoms with Crippen LogP contribution in [0.2, 0.25) is 10.0 Å². The Bertz CT molecular complexity index is 760. The summed E-state index contributed by atoms with van der Waals surface area (Å²) in [5, 5.41) is 10.4. The fraction of sp³-hybridized carbons (Fsp3) is 0.389. The third-order valence-corrected chi connectivity index (χ3v) is 4.43. The molecule has 0 spiro atoms. The second kappa shape index (κ2) is 12.7. The Hall–Kier alpha value is -2.65. The maximum atomic E-state index is 12.1. The van der Waals surface area contributed by atoms with Crippen LogP contribution in [0.1, 0.15) is 18.9 Å². The maximum Gasteiger partial charge on any atom is 0.243 e. The molecule has 4 N–H and O–H groups in total. The van der Waals surface area contributed by atoms with Gasteiger partial charge >= 0.3 is 0 Å². The minimum absolute atomic E-state index is 0.239. The molecule has 0 radical (unpaired) electrons. The molecule has 2 unspecified atom stereocenters. The first-order chi connectivity index (χ1) is 13.8. The van der Waals surface area contributed by atoms with Crippen molar-refractivity contribution < 1.29 is 24.0 Å². The van der Waals surface area contributed by atoms with Crippen LogP contribution < -0.4 is 21.3 Å². The lowest BCUT2D eigenvalue weighted by molar-refractivity contribution is -0.131. The number of aldehydes is 1. The van der Waals surface area contributed by atoms with E-state index >= 15 is 0 Å². The van der Waals surface area contributed by atoms with E-state index in [0.29, 0.717) is 29.2 Å². The first-order valence-corrected chi connectivity index (χ1v) is 9.43. The first-order valence-electron chi connectivity index (χ1n) is 8.67. The molecule has 4 amide bonds. The number of hydrogen-bond acceptors (Lipinski definition) is 5. The number of benzene rings is 1. The Kier molecular flexibility index (Phi) is 10.7. The zero-order valence-electron chi connectivity index (χ0n) is 15.7. The minimum Gasteiger partial charge on any atom is -0.352 e. The highest BCUT2D eigenvalue weighted by molar-refractivity contribution is 6.42. The molecule has 0 saturated carbocycles. The Balaban J connectivity index is 2.47. The summed E-state index contributed by atoms with van der Waals surface area (Å²) in [7, 11) is 0. The maximum absolute atomic E-state index is 12.1. The first kappa shape index (κ1) is 24.4. The van der Waals surface area contributed by atoms with E-state index in [1.807, 2.05) is 0 Å². The topological polar surface area (TPSA) is 133 Å². The number of nitrogens with one attached hydrogen (secondary N) is 4. The summed E-state index contributed by atoms with van der Waals surface area (Å²) < 4.78 is 0. The molecule has 0 aromatic heterocycles. The standard InChI is InChI=1S/C18H22Cl2N4O5/c1-11(6-12-2-3-13(19)14(20)7-12)23-17(28)9-22-18(29)15(4-5-25)24-16(27)8-21-10-26/h2-3,5,7,10-11,15H,4,6,8-9H2,1H3,(H,21,26)(H,22,29)(H,23,28)(H,24,27).